The number of H-pyrrole nitrogens is 1. The summed E-state index contributed by atoms with van der Waals surface area (Å²) in [7, 11) is 1.66. The van der Waals surface area contributed by atoms with Crippen molar-refractivity contribution >= 4 is 22.4 Å². The fraction of sp³-hybridized carbons (Fsp3) is 0.538. The molecule has 1 atom stereocenters. The lowest BCUT2D eigenvalue weighted by Crippen LogP contribution is -2.42. The smallest absolute Gasteiger partial charge is 0.275 e. The largest absolute Gasteiger partial charge is 0.381 e. The molecule has 2 aliphatic rings. The highest BCUT2D eigenvalue weighted by atomic mass is 35.5. The molecule has 35 heavy (non-hydrogen) atoms. The third-order valence-corrected chi connectivity index (χ3v) is 8.21. The van der Waals surface area contributed by atoms with Gasteiger partial charge >= 0.3 is 0 Å². The van der Waals surface area contributed by atoms with E-state index in [2.05, 4.69) is 26.3 Å². The number of piperidine rings is 1. The minimum Gasteiger partial charge on any atom is -0.381 e. The molecule has 9 heteroatoms. The van der Waals surface area contributed by atoms with Gasteiger partial charge in [-0.2, -0.15) is 10.2 Å². The summed E-state index contributed by atoms with van der Waals surface area (Å²) in [4.78, 5) is 27.1. The zero-order chi connectivity index (χ0) is 24.5. The summed E-state index contributed by atoms with van der Waals surface area (Å²) in [5, 5.41) is 12.7. The number of aromatic nitrogens is 4. The van der Waals surface area contributed by atoms with E-state index in [0.29, 0.717) is 28.2 Å². The number of ether oxygens (including phenoxy) is 1. The Bertz CT molecular complexity index is 1320. The van der Waals surface area contributed by atoms with Crippen molar-refractivity contribution in [2.75, 3.05) is 32.8 Å². The van der Waals surface area contributed by atoms with Crippen LogP contribution in [-0.2, 0) is 18.2 Å². The maximum atomic E-state index is 12.8. The summed E-state index contributed by atoms with van der Waals surface area (Å²) in [6, 6.07) is 3.97. The summed E-state index contributed by atoms with van der Waals surface area (Å²) in [6.07, 6.45) is 7.65. The predicted molar refractivity (Wildman–Crippen MR) is 136 cm³/mol. The van der Waals surface area contributed by atoms with E-state index in [-0.39, 0.29) is 11.1 Å². The molecule has 2 aliphatic heterocycles. The zero-order valence-corrected chi connectivity index (χ0v) is 21.1. The minimum absolute atomic E-state index is 0.0999. The lowest BCUT2D eigenvalue weighted by atomic mass is 9.71. The highest BCUT2D eigenvalue weighted by molar-refractivity contribution is 6.35. The first-order valence-electron chi connectivity index (χ1n) is 12.4. The molecule has 8 nitrogen and oxygen atoms in total. The van der Waals surface area contributed by atoms with E-state index in [1.165, 1.54) is 10.2 Å². The van der Waals surface area contributed by atoms with Gasteiger partial charge in [0.25, 0.3) is 11.1 Å². The Kier molecular flexibility index (Phi) is 7.05. The number of hydrogen-bond acceptors (Lipinski definition) is 6. The fourth-order valence-corrected chi connectivity index (χ4v) is 5.99. The van der Waals surface area contributed by atoms with Crippen molar-refractivity contribution in [1.29, 1.82) is 0 Å². The molecule has 0 unspecified atom stereocenters. The number of likely N-dealkylation sites (tertiary alicyclic amines) is 1. The second-order valence-electron chi connectivity index (χ2n) is 9.95. The highest BCUT2D eigenvalue weighted by Crippen LogP contribution is 2.44. The molecular formula is C26H32ClN5O3. The Morgan fingerprint density at radius 3 is 2.66 bits per heavy atom. The Morgan fingerprint density at radius 1 is 1.17 bits per heavy atom. The third-order valence-electron chi connectivity index (χ3n) is 7.90. The Hall–Kier alpha value is -2.55. The normalized spacial score (nSPS) is 18.6. The molecule has 0 radical (unpaired) electrons. The van der Waals surface area contributed by atoms with Crippen molar-refractivity contribution in [1.82, 2.24) is 24.9 Å². The van der Waals surface area contributed by atoms with E-state index in [1.54, 1.807) is 19.4 Å². The van der Waals surface area contributed by atoms with Gasteiger partial charge in [0.05, 0.1) is 36.0 Å². The van der Waals surface area contributed by atoms with Crippen LogP contribution in [0.2, 0.25) is 5.02 Å². The van der Waals surface area contributed by atoms with Crippen LogP contribution in [-0.4, -0.2) is 57.7 Å². The molecule has 0 spiro atoms. The zero-order valence-electron chi connectivity index (χ0n) is 20.3. The van der Waals surface area contributed by atoms with Gasteiger partial charge in [-0.25, -0.2) is 9.78 Å². The molecule has 5 rings (SSSR count). The first-order chi connectivity index (χ1) is 16.9. The van der Waals surface area contributed by atoms with Gasteiger partial charge in [0, 0.05) is 23.9 Å². The number of aromatic amines is 1. The summed E-state index contributed by atoms with van der Waals surface area (Å²) < 4.78 is 6.94. The number of nitrogens with one attached hydrogen (secondary N) is 1. The molecule has 1 aromatic carbocycles. The number of aryl methyl sites for hydroxylation is 2. The van der Waals surface area contributed by atoms with Gasteiger partial charge < -0.3 is 9.64 Å². The number of nitrogens with zero attached hydrogens (tertiary/aromatic N) is 4. The molecule has 0 aliphatic carbocycles. The molecule has 2 aromatic heterocycles. The summed E-state index contributed by atoms with van der Waals surface area (Å²) in [6.45, 7) is 6.49. The van der Waals surface area contributed by atoms with Crippen molar-refractivity contribution in [2.24, 2.45) is 18.9 Å². The number of hydrogen-bond donors (Lipinski definition) is 1. The van der Waals surface area contributed by atoms with Crippen molar-refractivity contribution < 1.29 is 4.74 Å². The third kappa shape index (κ3) is 4.79. The van der Waals surface area contributed by atoms with Crippen molar-refractivity contribution in [3.05, 3.63) is 66.9 Å². The predicted octanol–water partition coefficient (Wildman–Crippen LogP) is 3.05. The summed E-state index contributed by atoms with van der Waals surface area (Å²) in [5.74, 6) is 1.30. The SMILES string of the molecule is Cc1c(CCCN2CCC([C@H](c3ccc(Cl)c4c(=O)n(C)ncc34)C3COC3)CC2)cn[nH]c1=O. The van der Waals surface area contributed by atoms with Crippen LogP contribution >= 0.6 is 11.6 Å². The Morgan fingerprint density at radius 2 is 1.94 bits per heavy atom. The lowest BCUT2D eigenvalue weighted by Gasteiger charge is -2.43. The maximum Gasteiger partial charge on any atom is 0.275 e. The van der Waals surface area contributed by atoms with Gasteiger partial charge in [0.15, 0.2) is 0 Å². The Labute approximate surface area is 209 Å². The van der Waals surface area contributed by atoms with E-state index in [1.807, 2.05) is 13.0 Å². The monoisotopic (exact) mass is 497 g/mol. The van der Waals surface area contributed by atoms with Crippen LogP contribution in [0.25, 0.3) is 10.8 Å². The molecule has 0 bridgehead atoms. The topological polar surface area (TPSA) is 93.1 Å². The van der Waals surface area contributed by atoms with Crippen molar-refractivity contribution in [2.45, 2.75) is 38.5 Å². The number of halogens is 1. The molecule has 186 valence electrons. The fourth-order valence-electron chi connectivity index (χ4n) is 5.74. The number of benzene rings is 1. The van der Waals surface area contributed by atoms with Gasteiger partial charge in [0.1, 0.15) is 0 Å². The number of rotatable bonds is 7. The van der Waals surface area contributed by atoms with E-state index >= 15 is 0 Å². The van der Waals surface area contributed by atoms with Gasteiger partial charge in [-0.3, -0.25) is 9.59 Å². The molecule has 2 saturated heterocycles. The molecule has 0 amide bonds. The maximum absolute atomic E-state index is 12.8. The van der Waals surface area contributed by atoms with Crippen LogP contribution in [0.1, 0.15) is 41.9 Å². The molecule has 0 saturated carbocycles. The van der Waals surface area contributed by atoms with Crippen LogP contribution in [0.15, 0.2) is 34.1 Å². The molecule has 1 N–H and O–H groups in total. The van der Waals surface area contributed by atoms with Crippen LogP contribution in [0.3, 0.4) is 0 Å². The molecule has 4 heterocycles. The second kappa shape index (κ2) is 10.2. The van der Waals surface area contributed by atoms with Crippen molar-refractivity contribution in [3.8, 4) is 0 Å². The van der Waals surface area contributed by atoms with Gasteiger partial charge in [-0.05, 0) is 81.3 Å². The van der Waals surface area contributed by atoms with E-state index in [0.717, 1.165) is 75.0 Å². The molecular weight excluding hydrogens is 466 g/mol. The summed E-state index contributed by atoms with van der Waals surface area (Å²) in [5.41, 5.74) is 2.72. The van der Waals surface area contributed by atoms with Crippen LogP contribution in [0, 0.1) is 18.8 Å². The first-order valence-corrected chi connectivity index (χ1v) is 12.8. The van der Waals surface area contributed by atoms with Gasteiger partial charge in [0.2, 0.25) is 0 Å². The van der Waals surface area contributed by atoms with Crippen LogP contribution in [0.5, 0.6) is 0 Å². The first kappa shape index (κ1) is 24.2. The average molecular weight is 498 g/mol. The van der Waals surface area contributed by atoms with E-state index in [9.17, 15) is 9.59 Å². The second-order valence-corrected chi connectivity index (χ2v) is 10.4. The lowest BCUT2D eigenvalue weighted by molar-refractivity contribution is -0.0585. The van der Waals surface area contributed by atoms with Gasteiger partial charge in [-0.15, -0.1) is 0 Å². The quantitative estimate of drug-likeness (QED) is 0.539. The minimum atomic E-state index is -0.154. The van der Waals surface area contributed by atoms with Gasteiger partial charge in [-0.1, -0.05) is 17.7 Å². The van der Waals surface area contributed by atoms with Crippen LogP contribution < -0.4 is 11.1 Å². The summed E-state index contributed by atoms with van der Waals surface area (Å²) >= 11 is 6.46. The standard InChI is InChI=1S/C26H32ClN5O3/c1-16-18(12-28-30-25(16)33)4-3-9-32-10-7-17(8-11-32)23(19-14-35-15-19)20-5-6-22(27)24-21(20)13-29-31(2)26(24)34/h5-6,12-13,17,19,23H,3-4,7-11,14-15H2,1-2H3,(H,30,33)/t23-/m0/s1. The number of fused-ring (bicyclic) bond motifs is 1. The highest BCUT2D eigenvalue weighted by Gasteiger charge is 2.38. The van der Waals surface area contributed by atoms with E-state index in [4.69, 9.17) is 16.3 Å². The van der Waals surface area contributed by atoms with E-state index < -0.39 is 0 Å². The van der Waals surface area contributed by atoms with Crippen LogP contribution in [0.4, 0.5) is 0 Å². The average Bonchev–Trinajstić information content (AvgIpc) is 2.82. The van der Waals surface area contributed by atoms with Crippen molar-refractivity contribution in [3.63, 3.8) is 0 Å². The Balaban J connectivity index is 1.29. The molecule has 3 aromatic rings. The molecule has 2 fully saturated rings.